The molecule has 6 heteroatoms. The van der Waals surface area contributed by atoms with Gasteiger partial charge in [0.1, 0.15) is 10.6 Å². The molecule has 0 spiro atoms. The first-order valence-corrected chi connectivity index (χ1v) is 7.56. The molecule has 2 aromatic rings. The molecule has 5 nitrogen and oxygen atoms in total. The number of anilines is 2. The molecule has 1 fully saturated rings. The Labute approximate surface area is 116 Å². The fourth-order valence-corrected chi connectivity index (χ4v) is 3.27. The first kappa shape index (κ1) is 12.6. The number of fused-ring (bicyclic) bond motifs is 1. The van der Waals surface area contributed by atoms with Crippen LogP contribution in [-0.2, 0) is 0 Å². The molecule has 0 radical (unpaired) electrons. The molecule has 0 amide bonds. The smallest absolute Gasteiger partial charge is 0.240 e. The van der Waals surface area contributed by atoms with Crippen LogP contribution in [0.1, 0.15) is 31.1 Å². The minimum atomic E-state index is 0.506. The molecule has 0 bridgehead atoms. The van der Waals surface area contributed by atoms with E-state index in [2.05, 4.69) is 40.2 Å². The van der Waals surface area contributed by atoms with Crippen LogP contribution in [0.15, 0.2) is 6.07 Å². The van der Waals surface area contributed by atoms with Gasteiger partial charge in [0, 0.05) is 17.5 Å². The number of aromatic nitrogens is 2. The van der Waals surface area contributed by atoms with Crippen molar-refractivity contribution in [1.82, 2.24) is 9.97 Å². The number of hydrazine groups is 1. The lowest BCUT2D eigenvalue weighted by atomic mass is 10.3. The van der Waals surface area contributed by atoms with Crippen molar-refractivity contribution in [3.63, 3.8) is 0 Å². The molecule has 0 unspecified atom stereocenters. The van der Waals surface area contributed by atoms with Crippen molar-refractivity contribution in [2.24, 2.45) is 5.84 Å². The van der Waals surface area contributed by atoms with E-state index in [0.717, 1.165) is 29.0 Å². The Balaban J connectivity index is 2.13. The third-order valence-electron chi connectivity index (χ3n) is 3.35. The zero-order chi connectivity index (χ0) is 13.4. The lowest BCUT2D eigenvalue weighted by Gasteiger charge is -2.23. The van der Waals surface area contributed by atoms with Crippen molar-refractivity contribution in [2.75, 3.05) is 16.9 Å². The quantitative estimate of drug-likeness (QED) is 0.649. The van der Waals surface area contributed by atoms with Crippen LogP contribution in [0.25, 0.3) is 10.2 Å². The Kier molecular flexibility index (Phi) is 3.28. The third kappa shape index (κ3) is 2.37. The van der Waals surface area contributed by atoms with Crippen molar-refractivity contribution in [1.29, 1.82) is 0 Å². The second-order valence-corrected chi connectivity index (χ2v) is 6.25. The van der Waals surface area contributed by atoms with Crippen LogP contribution in [-0.4, -0.2) is 22.6 Å². The van der Waals surface area contributed by atoms with Gasteiger partial charge in [0.2, 0.25) is 5.95 Å². The summed E-state index contributed by atoms with van der Waals surface area (Å²) in [5, 5.41) is 1.15. The number of aryl methyl sites for hydroxylation is 1. The maximum atomic E-state index is 5.49. The predicted molar refractivity (Wildman–Crippen MR) is 80.6 cm³/mol. The summed E-state index contributed by atoms with van der Waals surface area (Å²) in [5.74, 6) is 7.03. The summed E-state index contributed by atoms with van der Waals surface area (Å²) in [5.41, 5.74) is 2.58. The molecular weight excluding hydrogens is 258 g/mol. The Bertz CT molecular complexity index is 590. The van der Waals surface area contributed by atoms with E-state index < -0.39 is 0 Å². The SMILES string of the molecule is CCCN(c1nc(NN)nc2sc(C)cc12)C1CC1. The van der Waals surface area contributed by atoms with E-state index in [-0.39, 0.29) is 0 Å². The lowest BCUT2D eigenvalue weighted by Crippen LogP contribution is -2.28. The Morgan fingerprint density at radius 2 is 2.26 bits per heavy atom. The summed E-state index contributed by atoms with van der Waals surface area (Å²) in [6.07, 6.45) is 3.65. The van der Waals surface area contributed by atoms with Gasteiger partial charge in [-0.2, -0.15) is 4.98 Å². The van der Waals surface area contributed by atoms with Gasteiger partial charge in [-0.25, -0.2) is 10.8 Å². The van der Waals surface area contributed by atoms with E-state index >= 15 is 0 Å². The van der Waals surface area contributed by atoms with Gasteiger partial charge in [0.05, 0.1) is 5.39 Å². The number of nitrogens with one attached hydrogen (secondary N) is 1. The van der Waals surface area contributed by atoms with Crippen molar-refractivity contribution in [3.05, 3.63) is 10.9 Å². The predicted octanol–water partition coefficient (Wildman–Crippen LogP) is 2.66. The van der Waals surface area contributed by atoms with Gasteiger partial charge < -0.3 is 4.90 Å². The van der Waals surface area contributed by atoms with Crippen molar-refractivity contribution < 1.29 is 0 Å². The van der Waals surface area contributed by atoms with E-state index in [4.69, 9.17) is 5.84 Å². The van der Waals surface area contributed by atoms with Crippen LogP contribution in [0.5, 0.6) is 0 Å². The number of hydrogen-bond donors (Lipinski definition) is 2. The first-order valence-electron chi connectivity index (χ1n) is 6.74. The molecule has 0 aliphatic heterocycles. The standard InChI is InChI=1S/C13H19N5S/c1-3-6-18(9-4-5-9)11-10-7-8(2)19-12(10)16-13(15-11)17-14/h7,9H,3-6,14H2,1-2H3,(H,15,16,17). The molecular formula is C13H19N5S. The molecule has 0 aromatic carbocycles. The van der Waals surface area contributed by atoms with Gasteiger partial charge in [-0.15, -0.1) is 11.3 Å². The maximum absolute atomic E-state index is 5.49. The second kappa shape index (κ2) is 4.94. The highest BCUT2D eigenvalue weighted by Crippen LogP contribution is 2.37. The van der Waals surface area contributed by atoms with Crippen molar-refractivity contribution in [2.45, 2.75) is 39.2 Å². The maximum Gasteiger partial charge on any atom is 0.240 e. The largest absolute Gasteiger partial charge is 0.353 e. The summed E-state index contributed by atoms with van der Waals surface area (Å²) in [6, 6.07) is 2.82. The average Bonchev–Trinajstić information content (AvgIpc) is 3.16. The van der Waals surface area contributed by atoms with Gasteiger partial charge in [-0.1, -0.05) is 6.92 Å². The molecule has 19 heavy (non-hydrogen) atoms. The average molecular weight is 277 g/mol. The number of thiophene rings is 1. The van der Waals surface area contributed by atoms with Gasteiger partial charge in [0.25, 0.3) is 0 Å². The zero-order valence-electron chi connectivity index (χ0n) is 11.3. The fraction of sp³-hybridized carbons (Fsp3) is 0.538. The molecule has 1 aliphatic carbocycles. The van der Waals surface area contributed by atoms with E-state index in [1.165, 1.54) is 17.7 Å². The summed E-state index contributed by atoms with van der Waals surface area (Å²) >= 11 is 1.69. The monoisotopic (exact) mass is 277 g/mol. The Morgan fingerprint density at radius 1 is 1.47 bits per heavy atom. The van der Waals surface area contributed by atoms with Crippen molar-refractivity contribution >= 4 is 33.3 Å². The topological polar surface area (TPSA) is 67.1 Å². The van der Waals surface area contributed by atoms with Crippen LogP contribution in [0, 0.1) is 6.92 Å². The van der Waals surface area contributed by atoms with Gasteiger partial charge in [-0.05, 0) is 32.3 Å². The molecule has 2 heterocycles. The molecule has 2 aromatic heterocycles. The van der Waals surface area contributed by atoms with Crippen LogP contribution >= 0.6 is 11.3 Å². The zero-order valence-corrected chi connectivity index (χ0v) is 12.1. The number of hydrogen-bond acceptors (Lipinski definition) is 6. The number of nitrogens with two attached hydrogens (primary N) is 1. The Morgan fingerprint density at radius 3 is 2.89 bits per heavy atom. The molecule has 1 saturated carbocycles. The van der Waals surface area contributed by atoms with Crippen molar-refractivity contribution in [3.8, 4) is 0 Å². The van der Waals surface area contributed by atoms with E-state index in [1.54, 1.807) is 11.3 Å². The highest BCUT2D eigenvalue weighted by Gasteiger charge is 2.31. The highest BCUT2D eigenvalue weighted by atomic mass is 32.1. The summed E-state index contributed by atoms with van der Waals surface area (Å²) < 4.78 is 0. The molecule has 0 saturated heterocycles. The summed E-state index contributed by atoms with van der Waals surface area (Å²) in [6.45, 7) is 5.34. The normalized spacial score (nSPS) is 14.9. The van der Waals surface area contributed by atoms with Gasteiger partial charge >= 0.3 is 0 Å². The lowest BCUT2D eigenvalue weighted by molar-refractivity contribution is 0.753. The number of rotatable bonds is 5. The summed E-state index contributed by atoms with van der Waals surface area (Å²) in [7, 11) is 0. The summed E-state index contributed by atoms with van der Waals surface area (Å²) in [4.78, 5) is 13.7. The van der Waals surface area contributed by atoms with Crippen LogP contribution in [0.4, 0.5) is 11.8 Å². The van der Waals surface area contributed by atoms with Crippen LogP contribution in [0.2, 0.25) is 0 Å². The number of nitrogen functional groups attached to an aromatic ring is 1. The minimum absolute atomic E-state index is 0.506. The van der Waals surface area contributed by atoms with Crippen LogP contribution in [0.3, 0.4) is 0 Å². The van der Waals surface area contributed by atoms with Gasteiger partial charge in [-0.3, -0.25) is 5.43 Å². The van der Waals surface area contributed by atoms with Gasteiger partial charge in [0.15, 0.2) is 0 Å². The number of nitrogens with zero attached hydrogens (tertiary/aromatic N) is 3. The molecule has 3 rings (SSSR count). The molecule has 3 N–H and O–H groups in total. The fourth-order valence-electron chi connectivity index (χ4n) is 2.40. The molecule has 1 aliphatic rings. The molecule has 102 valence electrons. The van der Waals surface area contributed by atoms with E-state index in [1.807, 2.05) is 0 Å². The highest BCUT2D eigenvalue weighted by molar-refractivity contribution is 7.18. The molecule has 0 atom stereocenters. The van der Waals surface area contributed by atoms with E-state index in [0.29, 0.717) is 12.0 Å². The van der Waals surface area contributed by atoms with E-state index in [9.17, 15) is 0 Å². The minimum Gasteiger partial charge on any atom is -0.353 e. The Hall–Kier alpha value is -1.40. The first-order chi connectivity index (χ1) is 9.22. The van der Waals surface area contributed by atoms with Crippen LogP contribution < -0.4 is 16.2 Å². The second-order valence-electron chi connectivity index (χ2n) is 5.02. The third-order valence-corrected chi connectivity index (χ3v) is 4.29.